The van der Waals surface area contributed by atoms with E-state index in [1.807, 2.05) is 17.0 Å². The smallest absolute Gasteiger partial charge is 0.227 e. The van der Waals surface area contributed by atoms with Crippen LogP contribution in [0.15, 0.2) is 48.5 Å². The van der Waals surface area contributed by atoms with E-state index in [1.165, 1.54) is 62.4 Å². The van der Waals surface area contributed by atoms with E-state index in [4.69, 9.17) is 4.98 Å². The Kier molecular flexibility index (Phi) is 7.62. The molecule has 1 aromatic heterocycles. The van der Waals surface area contributed by atoms with E-state index in [0.29, 0.717) is 13.0 Å². The van der Waals surface area contributed by atoms with Crippen molar-refractivity contribution in [1.29, 1.82) is 0 Å². The maximum absolute atomic E-state index is 12.9. The molecule has 0 saturated carbocycles. The highest BCUT2D eigenvalue weighted by Crippen LogP contribution is 2.33. The third kappa shape index (κ3) is 5.23. The Morgan fingerprint density at radius 2 is 1.69 bits per heavy atom. The largest absolute Gasteiger partial charge is 0.328 e. The van der Waals surface area contributed by atoms with Crippen LogP contribution in [-0.4, -0.2) is 22.0 Å². The number of fused-ring (bicyclic) bond motifs is 1. The number of aryl methyl sites for hydroxylation is 2. The highest BCUT2D eigenvalue weighted by atomic mass is 16.2. The molecule has 32 heavy (non-hydrogen) atoms. The van der Waals surface area contributed by atoms with Crippen molar-refractivity contribution >= 4 is 22.6 Å². The summed E-state index contributed by atoms with van der Waals surface area (Å²) in [7, 11) is 0. The van der Waals surface area contributed by atoms with Crippen LogP contribution in [0.3, 0.4) is 0 Å². The number of carbonyl (C=O) groups excluding carboxylic acids is 1. The summed E-state index contributed by atoms with van der Waals surface area (Å²) >= 11 is 0. The predicted octanol–water partition coefficient (Wildman–Crippen LogP) is 7.01. The molecule has 0 bridgehead atoms. The number of nitrogens with zero attached hydrogens (tertiary/aromatic N) is 3. The van der Waals surface area contributed by atoms with Crippen LogP contribution in [0.25, 0.3) is 11.0 Å². The zero-order valence-electron chi connectivity index (χ0n) is 19.7. The molecular weight excluding hydrogens is 394 g/mol. The molecule has 1 amide bonds. The molecule has 0 unspecified atom stereocenters. The topological polar surface area (TPSA) is 38.1 Å². The lowest BCUT2D eigenvalue weighted by atomic mass is 10.1. The van der Waals surface area contributed by atoms with Crippen molar-refractivity contribution in [3.05, 3.63) is 59.9 Å². The summed E-state index contributed by atoms with van der Waals surface area (Å²) in [6.45, 7) is 6.04. The average molecular weight is 432 g/mol. The van der Waals surface area contributed by atoms with E-state index in [9.17, 15) is 4.79 Å². The van der Waals surface area contributed by atoms with Gasteiger partial charge >= 0.3 is 0 Å². The molecule has 1 fully saturated rings. The molecule has 4 heteroatoms. The minimum atomic E-state index is 0.143. The molecule has 1 aliphatic heterocycles. The molecule has 0 radical (unpaired) electrons. The van der Waals surface area contributed by atoms with Crippen LogP contribution in [0.1, 0.15) is 82.0 Å². The number of para-hydroxylation sites is 2. The molecule has 2 heterocycles. The lowest BCUT2D eigenvalue weighted by Crippen LogP contribution is -2.24. The second-order valence-corrected chi connectivity index (χ2v) is 9.33. The molecule has 0 N–H and O–H groups in total. The molecule has 0 spiro atoms. The number of anilines is 1. The van der Waals surface area contributed by atoms with E-state index < -0.39 is 0 Å². The summed E-state index contributed by atoms with van der Waals surface area (Å²) < 4.78 is 2.39. The van der Waals surface area contributed by atoms with Crippen LogP contribution in [0.2, 0.25) is 0 Å². The van der Waals surface area contributed by atoms with Gasteiger partial charge in [-0.3, -0.25) is 4.79 Å². The van der Waals surface area contributed by atoms with Crippen LogP contribution in [0.4, 0.5) is 5.69 Å². The summed E-state index contributed by atoms with van der Waals surface area (Å²) in [4.78, 5) is 19.8. The lowest BCUT2D eigenvalue weighted by Gasteiger charge is -2.18. The number of unbranched alkanes of at least 4 members (excludes halogenated alkanes) is 7. The maximum Gasteiger partial charge on any atom is 0.227 e. The summed E-state index contributed by atoms with van der Waals surface area (Å²) in [6, 6.07) is 16.7. The van der Waals surface area contributed by atoms with Crippen LogP contribution in [-0.2, 0) is 11.3 Å². The van der Waals surface area contributed by atoms with Gasteiger partial charge in [0.05, 0.1) is 11.0 Å². The second-order valence-electron chi connectivity index (χ2n) is 9.33. The van der Waals surface area contributed by atoms with Gasteiger partial charge in [-0.1, -0.05) is 76.1 Å². The normalized spacial score (nSPS) is 16.4. The van der Waals surface area contributed by atoms with Gasteiger partial charge in [-0.25, -0.2) is 4.98 Å². The predicted molar refractivity (Wildman–Crippen MR) is 133 cm³/mol. The number of hydrogen-bond donors (Lipinski definition) is 0. The second kappa shape index (κ2) is 10.8. The van der Waals surface area contributed by atoms with Crippen molar-refractivity contribution in [1.82, 2.24) is 9.55 Å². The third-order valence-electron chi connectivity index (χ3n) is 6.72. The number of imidazole rings is 1. The Labute approximate surface area is 192 Å². The first kappa shape index (κ1) is 22.6. The van der Waals surface area contributed by atoms with Gasteiger partial charge in [-0.2, -0.15) is 0 Å². The molecule has 170 valence electrons. The molecule has 4 rings (SSSR count). The van der Waals surface area contributed by atoms with Gasteiger partial charge in [0, 0.05) is 31.1 Å². The Morgan fingerprint density at radius 1 is 0.938 bits per heavy atom. The Bertz CT molecular complexity index is 1040. The summed E-state index contributed by atoms with van der Waals surface area (Å²) in [6.07, 6.45) is 11.0. The molecule has 1 aliphatic rings. The number of benzene rings is 2. The average Bonchev–Trinajstić information content (AvgIpc) is 3.36. The molecule has 1 saturated heterocycles. The van der Waals surface area contributed by atoms with E-state index in [2.05, 4.69) is 54.8 Å². The Hall–Kier alpha value is -2.62. The molecule has 4 nitrogen and oxygen atoms in total. The van der Waals surface area contributed by atoms with Crippen LogP contribution in [0, 0.1) is 6.92 Å². The van der Waals surface area contributed by atoms with Crippen molar-refractivity contribution in [2.75, 3.05) is 11.4 Å². The van der Waals surface area contributed by atoms with E-state index in [-0.39, 0.29) is 11.8 Å². The van der Waals surface area contributed by atoms with Crippen LogP contribution >= 0.6 is 0 Å². The molecule has 3 aromatic rings. The zero-order chi connectivity index (χ0) is 22.3. The van der Waals surface area contributed by atoms with E-state index >= 15 is 0 Å². The van der Waals surface area contributed by atoms with Gasteiger partial charge in [0.25, 0.3) is 0 Å². The minimum Gasteiger partial charge on any atom is -0.328 e. The molecule has 2 aromatic carbocycles. The monoisotopic (exact) mass is 431 g/mol. The van der Waals surface area contributed by atoms with Crippen molar-refractivity contribution in [2.24, 2.45) is 0 Å². The zero-order valence-corrected chi connectivity index (χ0v) is 19.7. The standard InChI is InChI=1S/C28H37N3O/c1-3-4-5-6-7-8-9-12-18-30-26-17-11-10-16-25(26)29-28(30)23-20-27(32)31(21-23)24-15-13-14-22(2)19-24/h10-11,13-17,19,23H,3-9,12,18,20-21H2,1-2H3/t23-/m0/s1. The highest BCUT2D eigenvalue weighted by Gasteiger charge is 2.34. The highest BCUT2D eigenvalue weighted by molar-refractivity contribution is 5.96. The van der Waals surface area contributed by atoms with Crippen LogP contribution in [0.5, 0.6) is 0 Å². The van der Waals surface area contributed by atoms with Crippen molar-refractivity contribution < 1.29 is 4.79 Å². The number of hydrogen-bond acceptors (Lipinski definition) is 2. The number of rotatable bonds is 11. The number of amides is 1. The minimum absolute atomic E-state index is 0.143. The van der Waals surface area contributed by atoms with Gasteiger partial charge < -0.3 is 9.47 Å². The van der Waals surface area contributed by atoms with Gasteiger partial charge in [-0.05, 0) is 43.2 Å². The SMILES string of the molecule is CCCCCCCCCCn1c([C@H]2CC(=O)N(c3cccc(C)c3)C2)nc2ccccc21. The summed E-state index contributed by atoms with van der Waals surface area (Å²) in [5.41, 5.74) is 4.43. The third-order valence-corrected chi connectivity index (χ3v) is 6.72. The van der Waals surface area contributed by atoms with E-state index in [0.717, 1.165) is 23.6 Å². The fraction of sp³-hybridized carbons (Fsp3) is 0.500. The van der Waals surface area contributed by atoms with Crippen LogP contribution < -0.4 is 4.90 Å². The first-order valence-corrected chi connectivity index (χ1v) is 12.5. The maximum atomic E-state index is 12.9. The number of aromatic nitrogens is 2. The van der Waals surface area contributed by atoms with Crippen molar-refractivity contribution in [3.63, 3.8) is 0 Å². The molecule has 1 atom stereocenters. The molecular formula is C28H37N3O. The first-order valence-electron chi connectivity index (χ1n) is 12.5. The van der Waals surface area contributed by atoms with Crippen molar-refractivity contribution in [2.45, 2.75) is 84.1 Å². The van der Waals surface area contributed by atoms with E-state index in [1.54, 1.807) is 0 Å². The quantitative estimate of drug-likeness (QED) is 0.306. The van der Waals surface area contributed by atoms with Gasteiger partial charge in [0.1, 0.15) is 5.82 Å². The lowest BCUT2D eigenvalue weighted by molar-refractivity contribution is -0.117. The van der Waals surface area contributed by atoms with Gasteiger partial charge in [-0.15, -0.1) is 0 Å². The Morgan fingerprint density at radius 3 is 2.47 bits per heavy atom. The first-order chi connectivity index (χ1) is 15.7. The number of carbonyl (C=O) groups is 1. The van der Waals surface area contributed by atoms with Gasteiger partial charge in [0.15, 0.2) is 0 Å². The van der Waals surface area contributed by atoms with Gasteiger partial charge in [0.2, 0.25) is 5.91 Å². The summed E-state index contributed by atoms with van der Waals surface area (Å²) in [5.74, 6) is 1.42. The fourth-order valence-electron chi connectivity index (χ4n) is 4.97. The fourth-order valence-corrected chi connectivity index (χ4v) is 4.97. The molecule has 0 aliphatic carbocycles. The van der Waals surface area contributed by atoms with Crippen molar-refractivity contribution in [3.8, 4) is 0 Å². The Balaban J connectivity index is 1.45. The summed E-state index contributed by atoms with van der Waals surface area (Å²) in [5, 5.41) is 0.